The number of anilines is 2. The van der Waals surface area contributed by atoms with Gasteiger partial charge >= 0.3 is 0 Å². The number of nitrogens with one attached hydrogen (secondary N) is 1. The van der Waals surface area contributed by atoms with Gasteiger partial charge in [-0.15, -0.1) is 0 Å². The van der Waals surface area contributed by atoms with E-state index in [9.17, 15) is 0 Å². The molecule has 100 valence electrons. The molecular weight excluding hydrogens is 276 g/mol. The number of aromatic nitrogens is 2. The SMILES string of the molecule is Nc1nsc(NC2CCSCC2)c1-c1ccncc1. The van der Waals surface area contributed by atoms with Crippen molar-refractivity contribution in [3.8, 4) is 11.1 Å². The summed E-state index contributed by atoms with van der Waals surface area (Å²) in [6.07, 6.45) is 5.98. The first-order valence-corrected chi connectivity index (χ1v) is 8.27. The minimum Gasteiger partial charge on any atom is -0.382 e. The molecule has 6 heteroatoms. The highest BCUT2D eigenvalue weighted by Gasteiger charge is 2.19. The van der Waals surface area contributed by atoms with Crippen LogP contribution in [-0.4, -0.2) is 26.9 Å². The van der Waals surface area contributed by atoms with Crippen LogP contribution in [-0.2, 0) is 0 Å². The summed E-state index contributed by atoms with van der Waals surface area (Å²) in [5.74, 6) is 3.07. The lowest BCUT2D eigenvalue weighted by atomic mass is 10.1. The van der Waals surface area contributed by atoms with Gasteiger partial charge in [0, 0.05) is 18.4 Å². The third-order valence-corrected chi connectivity index (χ3v) is 5.09. The predicted octanol–water partition coefficient (Wildman–Crippen LogP) is 3.09. The molecule has 0 aromatic carbocycles. The first-order valence-electron chi connectivity index (χ1n) is 6.34. The summed E-state index contributed by atoms with van der Waals surface area (Å²) in [5, 5.41) is 4.69. The van der Waals surface area contributed by atoms with Gasteiger partial charge in [0.1, 0.15) is 10.8 Å². The van der Waals surface area contributed by atoms with Crippen molar-refractivity contribution in [1.82, 2.24) is 9.36 Å². The molecule has 19 heavy (non-hydrogen) atoms. The Morgan fingerprint density at radius 2 is 1.95 bits per heavy atom. The third-order valence-electron chi connectivity index (χ3n) is 3.24. The minimum atomic E-state index is 0.543. The van der Waals surface area contributed by atoms with Gasteiger partial charge in [-0.3, -0.25) is 4.98 Å². The molecule has 1 aliphatic rings. The van der Waals surface area contributed by atoms with E-state index in [2.05, 4.69) is 14.7 Å². The van der Waals surface area contributed by atoms with Crippen molar-refractivity contribution in [3.05, 3.63) is 24.5 Å². The van der Waals surface area contributed by atoms with Crippen LogP contribution in [0.15, 0.2) is 24.5 Å². The van der Waals surface area contributed by atoms with Crippen molar-refractivity contribution in [2.24, 2.45) is 0 Å². The topological polar surface area (TPSA) is 63.8 Å². The largest absolute Gasteiger partial charge is 0.382 e. The van der Waals surface area contributed by atoms with Gasteiger partial charge in [-0.25, -0.2) is 0 Å². The number of hydrogen-bond acceptors (Lipinski definition) is 6. The summed E-state index contributed by atoms with van der Waals surface area (Å²) < 4.78 is 4.29. The van der Waals surface area contributed by atoms with Crippen LogP contribution in [0.4, 0.5) is 10.8 Å². The number of nitrogens with two attached hydrogens (primary N) is 1. The van der Waals surface area contributed by atoms with Crippen LogP contribution in [0.3, 0.4) is 0 Å². The fourth-order valence-corrected chi connectivity index (χ4v) is 4.15. The summed E-state index contributed by atoms with van der Waals surface area (Å²) in [5.41, 5.74) is 8.11. The van der Waals surface area contributed by atoms with Crippen molar-refractivity contribution >= 4 is 34.1 Å². The zero-order valence-electron chi connectivity index (χ0n) is 10.5. The molecular formula is C13H16N4S2. The molecule has 4 nitrogen and oxygen atoms in total. The second kappa shape index (κ2) is 5.79. The van der Waals surface area contributed by atoms with Crippen LogP contribution in [0.2, 0.25) is 0 Å². The van der Waals surface area contributed by atoms with Gasteiger partial charge in [0.15, 0.2) is 0 Å². The first-order chi connectivity index (χ1) is 9.34. The Hall–Kier alpha value is -1.27. The number of pyridine rings is 1. The Morgan fingerprint density at radius 1 is 1.21 bits per heavy atom. The van der Waals surface area contributed by atoms with E-state index in [1.54, 1.807) is 12.4 Å². The number of thioether (sulfide) groups is 1. The maximum atomic E-state index is 6.01. The number of nitrogens with zero attached hydrogens (tertiary/aromatic N) is 2. The van der Waals surface area contributed by atoms with Crippen molar-refractivity contribution < 1.29 is 0 Å². The third kappa shape index (κ3) is 2.84. The Balaban J connectivity index is 1.86. The average molecular weight is 292 g/mol. The summed E-state index contributed by atoms with van der Waals surface area (Å²) in [7, 11) is 0. The molecule has 2 aromatic heterocycles. The van der Waals surface area contributed by atoms with Crippen LogP contribution >= 0.6 is 23.3 Å². The van der Waals surface area contributed by atoms with E-state index in [1.807, 2.05) is 23.9 Å². The van der Waals surface area contributed by atoms with E-state index < -0.39 is 0 Å². The molecule has 0 amide bonds. The lowest BCUT2D eigenvalue weighted by Gasteiger charge is -2.23. The molecule has 1 fully saturated rings. The molecule has 0 atom stereocenters. The normalized spacial score (nSPS) is 16.4. The van der Waals surface area contributed by atoms with E-state index in [4.69, 9.17) is 5.73 Å². The van der Waals surface area contributed by atoms with E-state index in [0.717, 1.165) is 16.1 Å². The van der Waals surface area contributed by atoms with E-state index in [0.29, 0.717) is 11.9 Å². The zero-order chi connectivity index (χ0) is 13.1. The maximum absolute atomic E-state index is 6.01. The first kappa shape index (κ1) is 12.7. The number of hydrogen-bond donors (Lipinski definition) is 2. The van der Waals surface area contributed by atoms with E-state index >= 15 is 0 Å². The van der Waals surface area contributed by atoms with Crippen LogP contribution < -0.4 is 11.1 Å². The molecule has 0 unspecified atom stereocenters. The van der Waals surface area contributed by atoms with Gasteiger partial charge in [0.2, 0.25) is 0 Å². The molecule has 0 saturated carbocycles. The molecule has 3 rings (SSSR count). The molecule has 1 aliphatic heterocycles. The van der Waals surface area contributed by atoms with Crippen molar-refractivity contribution in [2.75, 3.05) is 22.6 Å². The summed E-state index contributed by atoms with van der Waals surface area (Å²) in [4.78, 5) is 4.05. The van der Waals surface area contributed by atoms with Gasteiger partial charge < -0.3 is 11.1 Å². The smallest absolute Gasteiger partial charge is 0.147 e. The fourth-order valence-electron chi connectivity index (χ4n) is 2.23. The second-order valence-electron chi connectivity index (χ2n) is 4.54. The molecule has 0 radical (unpaired) electrons. The van der Waals surface area contributed by atoms with Crippen molar-refractivity contribution in [1.29, 1.82) is 0 Å². The van der Waals surface area contributed by atoms with Gasteiger partial charge in [0.05, 0.1) is 5.56 Å². The van der Waals surface area contributed by atoms with Crippen molar-refractivity contribution in [3.63, 3.8) is 0 Å². The summed E-state index contributed by atoms with van der Waals surface area (Å²) >= 11 is 3.48. The van der Waals surface area contributed by atoms with Crippen molar-refractivity contribution in [2.45, 2.75) is 18.9 Å². The maximum Gasteiger partial charge on any atom is 0.147 e. The van der Waals surface area contributed by atoms with Gasteiger partial charge in [-0.05, 0) is 53.6 Å². The molecule has 3 heterocycles. The van der Waals surface area contributed by atoms with Crippen LogP contribution in [0.5, 0.6) is 0 Å². The standard InChI is InChI=1S/C13H16N4S2/c14-12-11(9-1-5-15-6-2-9)13(19-17-12)16-10-3-7-18-8-4-10/h1-2,5-6,10,16H,3-4,7-8H2,(H2,14,17). The van der Waals surface area contributed by atoms with Gasteiger partial charge in [-0.2, -0.15) is 16.1 Å². The van der Waals surface area contributed by atoms with E-state index in [-0.39, 0.29) is 0 Å². The van der Waals surface area contributed by atoms with E-state index in [1.165, 1.54) is 35.9 Å². The van der Waals surface area contributed by atoms with Crippen LogP contribution in [0, 0.1) is 0 Å². The molecule has 0 bridgehead atoms. The van der Waals surface area contributed by atoms with Gasteiger partial charge in [0.25, 0.3) is 0 Å². The monoisotopic (exact) mass is 292 g/mol. The lowest BCUT2D eigenvalue weighted by Crippen LogP contribution is -2.24. The Bertz CT molecular complexity index is 535. The lowest BCUT2D eigenvalue weighted by molar-refractivity contribution is 0.669. The average Bonchev–Trinajstić information content (AvgIpc) is 2.82. The molecule has 0 aliphatic carbocycles. The van der Waals surface area contributed by atoms with Crippen LogP contribution in [0.1, 0.15) is 12.8 Å². The number of nitrogen functional groups attached to an aromatic ring is 1. The van der Waals surface area contributed by atoms with Crippen LogP contribution in [0.25, 0.3) is 11.1 Å². The molecule has 0 spiro atoms. The second-order valence-corrected chi connectivity index (χ2v) is 6.54. The minimum absolute atomic E-state index is 0.543. The van der Waals surface area contributed by atoms with Gasteiger partial charge in [-0.1, -0.05) is 0 Å². The summed E-state index contributed by atoms with van der Waals surface area (Å²) in [6.45, 7) is 0. The number of rotatable bonds is 3. The Labute approximate surface area is 121 Å². The predicted molar refractivity (Wildman–Crippen MR) is 83.7 cm³/mol. The zero-order valence-corrected chi connectivity index (χ0v) is 12.1. The Morgan fingerprint density at radius 3 is 2.68 bits per heavy atom. The highest BCUT2D eigenvalue weighted by Crippen LogP contribution is 2.37. The fraction of sp³-hybridized carbons (Fsp3) is 0.385. The quantitative estimate of drug-likeness (QED) is 0.910. The highest BCUT2D eigenvalue weighted by molar-refractivity contribution is 7.99. The molecule has 3 N–H and O–H groups in total. The molecule has 2 aromatic rings. The highest BCUT2D eigenvalue weighted by atomic mass is 32.2. The molecule has 1 saturated heterocycles. The summed E-state index contributed by atoms with van der Waals surface area (Å²) in [6, 6.07) is 4.49. The Kier molecular flexibility index (Phi) is 3.89.